The average Bonchev–Trinajstić information content (AvgIpc) is 3.23. The highest BCUT2D eigenvalue weighted by atomic mass is 16.4. The van der Waals surface area contributed by atoms with E-state index >= 15 is 0 Å². The van der Waals surface area contributed by atoms with Gasteiger partial charge in [-0.1, -0.05) is 0 Å². The summed E-state index contributed by atoms with van der Waals surface area (Å²) in [5.41, 5.74) is 1.71. The van der Waals surface area contributed by atoms with Crippen molar-refractivity contribution in [2.45, 2.75) is 0 Å². The minimum Gasteiger partial charge on any atom is -0.464 e. The van der Waals surface area contributed by atoms with E-state index in [9.17, 15) is 0 Å². The summed E-state index contributed by atoms with van der Waals surface area (Å²) in [6.45, 7) is 0. The van der Waals surface area contributed by atoms with Gasteiger partial charge in [0.1, 0.15) is 11.5 Å². The molecule has 0 saturated carbocycles. The first-order valence-corrected chi connectivity index (χ1v) is 6.16. The summed E-state index contributed by atoms with van der Waals surface area (Å²) in [5.74, 6) is 2.74. The topological polar surface area (TPSA) is 52.6 Å². The zero-order valence-corrected chi connectivity index (χ0v) is 10.4. The molecule has 4 nitrogen and oxygen atoms in total. The molecular weight excluding hydrogens is 256 g/mol. The van der Waals surface area contributed by atoms with Crippen molar-refractivity contribution < 1.29 is 17.7 Å². The molecule has 4 rings (SSSR count). The SMILES string of the molecule is c1coc(-c2ccoc2-c2ccoc2-c2ccco2)c1. The molecule has 4 aromatic rings. The quantitative estimate of drug-likeness (QED) is 0.520. The van der Waals surface area contributed by atoms with E-state index in [0.29, 0.717) is 17.3 Å². The molecule has 4 aromatic heterocycles. The van der Waals surface area contributed by atoms with Gasteiger partial charge in [0.15, 0.2) is 11.5 Å². The minimum atomic E-state index is 0.637. The lowest BCUT2D eigenvalue weighted by atomic mass is 10.1. The fraction of sp³-hybridized carbons (Fsp3) is 0. The number of rotatable bonds is 3. The third-order valence-electron chi connectivity index (χ3n) is 3.11. The van der Waals surface area contributed by atoms with Crippen molar-refractivity contribution in [2.24, 2.45) is 0 Å². The number of furan rings is 4. The molecule has 0 aromatic carbocycles. The Morgan fingerprint density at radius 1 is 0.500 bits per heavy atom. The summed E-state index contributed by atoms with van der Waals surface area (Å²) >= 11 is 0. The van der Waals surface area contributed by atoms with Crippen LogP contribution in [0.15, 0.2) is 79.1 Å². The van der Waals surface area contributed by atoms with Crippen molar-refractivity contribution in [3.63, 3.8) is 0 Å². The molecule has 0 aliphatic rings. The average molecular weight is 266 g/mol. The molecule has 4 heterocycles. The fourth-order valence-corrected chi connectivity index (χ4v) is 2.23. The maximum absolute atomic E-state index is 5.61. The van der Waals surface area contributed by atoms with E-state index in [2.05, 4.69) is 0 Å². The van der Waals surface area contributed by atoms with Gasteiger partial charge in [-0.3, -0.25) is 0 Å². The van der Waals surface area contributed by atoms with E-state index < -0.39 is 0 Å². The molecular formula is C16H10O4. The van der Waals surface area contributed by atoms with Gasteiger partial charge in [-0.25, -0.2) is 0 Å². The maximum atomic E-state index is 5.61. The predicted molar refractivity (Wildman–Crippen MR) is 71.8 cm³/mol. The second kappa shape index (κ2) is 4.35. The zero-order valence-electron chi connectivity index (χ0n) is 10.4. The Morgan fingerprint density at radius 2 is 1.15 bits per heavy atom. The second-order valence-electron chi connectivity index (χ2n) is 4.28. The smallest absolute Gasteiger partial charge is 0.180 e. The Hall–Kier alpha value is -2.88. The van der Waals surface area contributed by atoms with Crippen molar-refractivity contribution in [1.29, 1.82) is 0 Å². The van der Waals surface area contributed by atoms with Crippen LogP contribution < -0.4 is 0 Å². The van der Waals surface area contributed by atoms with Crippen molar-refractivity contribution >= 4 is 0 Å². The summed E-state index contributed by atoms with van der Waals surface area (Å²) in [4.78, 5) is 0. The van der Waals surface area contributed by atoms with E-state index in [1.54, 1.807) is 25.1 Å². The number of hydrogen-bond acceptors (Lipinski definition) is 4. The van der Waals surface area contributed by atoms with Crippen molar-refractivity contribution in [1.82, 2.24) is 0 Å². The van der Waals surface area contributed by atoms with E-state index in [-0.39, 0.29) is 0 Å². The van der Waals surface area contributed by atoms with Gasteiger partial charge in [-0.2, -0.15) is 0 Å². The first-order chi connectivity index (χ1) is 9.93. The lowest BCUT2D eigenvalue weighted by molar-refractivity contribution is 0.522. The highest BCUT2D eigenvalue weighted by molar-refractivity contribution is 5.84. The Labute approximate surface area is 114 Å². The van der Waals surface area contributed by atoms with Gasteiger partial charge in [0.2, 0.25) is 0 Å². The molecule has 0 atom stereocenters. The van der Waals surface area contributed by atoms with Gasteiger partial charge in [0.05, 0.1) is 36.2 Å². The Kier molecular flexibility index (Phi) is 2.39. The third-order valence-corrected chi connectivity index (χ3v) is 3.11. The molecule has 98 valence electrons. The molecule has 0 N–H and O–H groups in total. The molecule has 4 heteroatoms. The molecule has 0 spiro atoms. The van der Waals surface area contributed by atoms with Crippen molar-refractivity contribution in [2.75, 3.05) is 0 Å². The zero-order chi connectivity index (χ0) is 13.4. The van der Waals surface area contributed by atoms with Crippen LogP contribution in [0.4, 0.5) is 0 Å². The molecule has 0 amide bonds. The normalized spacial score (nSPS) is 11.0. The molecule has 0 bridgehead atoms. The first kappa shape index (κ1) is 11.0. The van der Waals surface area contributed by atoms with E-state index in [4.69, 9.17) is 17.7 Å². The molecule has 0 aliphatic carbocycles. The summed E-state index contributed by atoms with van der Waals surface area (Å²) in [5, 5.41) is 0. The van der Waals surface area contributed by atoms with Crippen LogP contribution in [0.5, 0.6) is 0 Å². The van der Waals surface area contributed by atoms with Gasteiger partial charge in [-0.05, 0) is 36.4 Å². The first-order valence-electron chi connectivity index (χ1n) is 6.16. The Balaban J connectivity index is 1.88. The molecule has 0 unspecified atom stereocenters. The van der Waals surface area contributed by atoms with Crippen LogP contribution in [0, 0.1) is 0 Å². The predicted octanol–water partition coefficient (Wildman–Crippen LogP) is 5.06. The van der Waals surface area contributed by atoms with Crippen molar-refractivity contribution in [3.8, 4) is 34.2 Å². The molecule has 0 radical (unpaired) electrons. The van der Waals surface area contributed by atoms with Crippen LogP contribution in [0.3, 0.4) is 0 Å². The van der Waals surface area contributed by atoms with Gasteiger partial charge in [0.25, 0.3) is 0 Å². The van der Waals surface area contributed by atoms with Gasteiger partial charge in [-0.15, -0.1) is 0 Å². The molecule has 0 aliphatic heterocycles. The monoisotopic (exact) mass is 266 g/mol. The molecule has 20 heavy (non-hydrogen) atoms. The van der Waals surface area contributed by atoms with E-state index in [0.717, 1.165) is 16.9 Å². The summed E-state index contributed by atoms with van der Waals surface area (Å²) in [6.07, 6.45) is 6.49. The Morgan fingerprint density at radius 3 is 1.85 bits per heavy atom. The summed E-state index contributed by atoms with van der Waals surface area (Å²) in [7, 11) is 0. The lowest BCUT2D eigenvalue weighted by Crippen LogP contribution is -1.79. The van der Waals surface area contributed by atoms with Crippen molar-refractivity contribution in [3.05, 3.63) is 61.5 Å². The minimum absolute atomic E-state index is 0.637. The van der Waals surface area contributed by atoms with E-state index in [1.165, 1.54) is 0 Å². The summed E-state index contributed by atoms with van der Waals surface area (Å²) < 4.78 is 22.0. The molecule has 0 saturated heterocycles. The fourth-order valence-electron chi connectivity index (χ4n) is 2.23. The van der Waals surface area contributed by atoms with Gasteiger partial charge >= 0.3 is 0 Å². The van der Waals surface area contributed by atoms with Gasteiger partial charge < -0.3 is 17.7 Å². The van der Waals surface area contributed by atoms with Crippen LogP contribution in [0.2, 0.25) is 0 Å². The van der Waals surface area contributed by atoms with Crippen LogP contribution in [-0.4, -0.2) is 0 Å². The highest BCUT2D eigenvalue weighted by Gasteiger charge is 2.20. The lowest BCUT2D eigenvalue weighted by Gasteiger charge is -2.00. The van der Waals surface area contributed by atoms with Crippen LogP contribution in [0.1, 0.15) is 0 Å². The third kappa shape index (κ3) is 1.62. The standard InChI is InChI=1S/C16H10O4/c1-3-13(17-7-1)11-5-9-19-15(11)12-6-10-20-16(12)14-4-2-8-18-14/h1-10H. The molecule has 0 fully saturated rings. The Bertz CT molecular complexity index is 730. The van der Waals surface area contributed by atoms with Crippen LogP contribution in [0.25, 0.3) is 34.2 Å². The second-order valence-corrected chi connectivity index (χ2v) is 4.28. The number of hydrogen-bond donors (Lipinski definition) is 0. The summed E-state index contributed by atoms with van der Waals surface area (Å²) in [6, 6.07) is 11.1. The van der Waals surface area contributed by atoms with Crippen LogP contribution >= 0.6 is 0 Å². The maximum Gasteiger partial charge on any atom is 0.180 e. The highest BCUT2D eigenvalue weighted by Crippen LogP contribution is 2.39. The largest absolute Gasteiger partial charge is 0.464 e. The van der Waals surface area contributed by atoms with E-state index in [1.807, 2.05) is 36.4 Å². The van der Waals surface area contributed by atoms with Crippen LogP contribution in [-0.2, 0) is 0 Å². The van der Waals surface area contributed by atoms with Gasteiger partial charge in [0, 0.05) is 0 Å².